The molecule has 2 rings (SSSR count). The minimum atomic E-state index is 0.300. The van der Waals surface area contributed by atoms with Gasteiger partial charge in [-0.25, -0.2) is 0 Å². The summed E-state index contributed by atoms with van der Waals surface area (Å²) in [5.41, 5.74) is 4.84. The normalized spacial score (nSPS) is 12.2. The quantitative estimate of drug-likeness (QED) is 0.700. The highest BCUT2D eigenvalue weighted by atomic mass is 16.1. The van der Waals surface area contributed by atoms with Gasteiger partial charge in [-0.05, 0) is 41.8 Å². The summed E-state index contributed by atoms with van der Waals surface area (Å²) >= 11 is 0. The van der Waals surface area contributed by atoms with Gasteiger partial charge >= 0.3 is 0 Å². The van der Waals surface area contributed by atoms with Gasteiger partial charge in [0.2, 0.25) is 0 Å². The van der Waals surface area contributed by atoms with Crippen LogP contribution in [0.4, 0.5) is 11.4 Å². The van der Waals surface area contributed by atoms with Crippen LogP contribution in [0.25, 0.3) is 0 Å². The van der Waals surface area contributed by atoms with Crippen LogP contribution in [0.3, 0.4) is 0 Å². The molecule has 25 heavy (non-hydrogen) atoms. The van der Waals surface area contributed by atoms with E-state index in [-0.39, 0.29) is 0 Å². The maximum atomic E-state index is 12.3. The predicted molar refractivity (Wildman–Crippen MR) is 109 cm³/mol. The van der Waals surface area contributed by atoms with Gasteiger partial charge < -0.3 is 0 Å². The van der Waals surface area contributed by atoms with Crippen LogP contribution >= 0.6 is 0 Å². The summed E-state index contributed by atoms with van der Waals surface area (Å²) in [4.78, 5) is 12.3. The first-order valence-electron chi connectivity index (χ1n) is 8.89. The molecule has 3 heteroatoms. The third-order valence-electron chi connectivity index (χ3n) is 4.52. The minimum absolute atomic E-state index is 0.300. The standard InChI is InChI=1S/C22H32N2O/c1-23(2,3)20-12-7-18(8-13-20)11-16-22(25)17-19-9-14-21(15-10-19)24(4,5)6/h7-10,12-15H,11,16-17H2,1-6H3/q+2. The summed E-state index contributed by atoms with van der Waals surface area (Å²) in [5, 5.41) is 0. The van der Waals surface area contributed by atoms with Gasteiger partial charge in [-0.15, -0.1) is 0 Å². The molecule has 0 aliphatic rings. The van der Waals surface area contributed by atoms with Gasteiger partial charge in [0.25, 0.3) is 0 Å². The van der Waals surface area contributed by atoms with Gasteiger partial charge in [0, 0.05) is 12.8 Å². The molecule has 0 saturated heterocycles. The van der Waals surface area contributed by atoms with Crippen molar-refractivity contribution < 1.29 is 4.79 Å². The molecule has 2 aromatic carbocycles. The lowest BCUT2D eigenvalue weighted by molar-refractivity contribution is -0.118. The van der Waals surface area contributed by atoms with Crippen molar-refractivity contribution >= 4 is 17.2 Å². The van der Waals surface area contributed by atoms with Crippen molar-refractivity contribution in [2.45, 2.75) is 19.3 Å². The summed E-state index contributed by atoms with van der Waals surface area (Å²) in [6, 6.07) is 17.0. The number of hydrogen-bond donors (Lipinski definition) is 0. The average molecular weight is 341 g/mol. The summed E-state index contributed by atoms with van der Waals surface area (Å²) < 4.78 is 1.60. The van der Waals surface area contributed by atoms with Crippen molar-refractivity contribution in [1.29, 1.82) is 0 Å². The van der Waals surface area contributed by atoms with Gasteiger partial charge in [0.15, 0.2) is 0 Å². The first kappa shape index (κ1) is 19.4. The third kappa shape index (κ3) is 5.80. The van der Waals surface area contributed by atoms with E-state index >= 15 is 0 Å². The number of ketones is 1. The number of nitrogens with zero attached hydrogens (tertiary/aromatic N) is 2. The zero-order chi connectivity index (χ0) is 18.7. The molecule has 0 saturated carbocycles. The molecule has 3 nitrogen and oxygen atoms in total. The highest BCUT2D eigenvalue weighted by molar-refractivity contribution is 5.81. The van der Waals surface area contributed by atoms with Crippen LogP contribution in [0.5, 0.6) is 0 Å². The molecule has 0 aromatic heterocycles. The molecule has 0 aliphatic carbocycles. The highest BCUT2D eigenvalue weighted by Gasteiger charge is 2.13. The molecular formula is C22H32N2O+2. The average Bonchev–Trinajstić information content (AvgIpc) is 2.52. The maximum absolute atomic E-state index is 12.3. The van der Waals surface area contributed by atoms with E-state index in [0.29, 0.717) is 18.6 Å². The molecule has 0 bridgehead atoms. The lowest BCUT2D eigenvalue weighted by Crippen LogP contribution is -2.34. The van der Waals surface area contributed by atoms with E-state index in [1.54, 1.807) is 0 Å². The third-order valence-corrected chi connectivity index (χ3v) is 4.52. The predicted octanol–water partition coefficient (Wildman–Crippen LogP) is 3.82. The Balaban J connectivity index is 1.88. The number of benzene rings is 2. The van der Waals surface area contributed by atoms with Gasteiger partial charge in [-0.2, -0.15) is 0 Å². The summed E-state index contributed by atoms with van der Waals surface area (Å²) in [5.74, 6) is 0.300. The SMILES string of the molecule is C[N+](C)(C)c1ccc(CCC(=O)Cc2ccc([N+](C)(C)C)cc2)cc1. The number of aryl methyl sites for hydroxylation is 1. The van der Waals surface area contributed by atoms with Gasteiger partial charge in [-0.1, -0.05) is 24.3 Å². The monoisotopic (exact) mass is 340 g/mol. The summed E-state index contributed by atoms with van der Waals surface area (Å²) in [6.07, 6.45) is 1.93. The molecule has 0 radical (unpaired) electrons. The van der Waals surface area contributed by atoms with Crippen LogP contribution in [-0.2, 0) is 17.6 Å². The fourth-order valence-electron chi connectivity index (χ4n) is 2.77. The molecule has 0 fully saturated rings. The van der Waals surface area contributed by atoms with Crippen molar-refractivity contribution in [2.24, 2.45) is 0 Å². The van der Waals surface area contributed by atoms with Crippen LogP contribution in [0.15, 0.2) is 48.5 Å². The Labute approximate surface area is 152 Å². The Kier molecular flexibility index (Phi) is 5.81. The van der Waals surface area contributed by atoms with Crippen LogP contribution < -0.4 is 8.97 Å². The Bertz CT molecular complexity index is 702. The van der Waals surface area contributed by atoms with Crippen LogP contribution in [-0.4, -0.2) is 48.1 Å². The smallest absolute Gasteiger partial charge is 0.137 e. The van der Waals surface area contributed by atoms with Gasteiger partial charge in [-0.3, -0.25) is 13.8 Å². The van der Waals surface area contributed by atoms with Crippen molar-refractivity contribution in [3.05, 3.63) is 59.7 Å². The Morgan fingerprint density at radius 3 is 1.48 bits per heavy atom. The van der Waals surface area contributed by atoms with Crippen molar-refractivity contribution in [3.63, 3.8) is 0 Å². The van der Waals surface area contributed by atoms with E-state index in [1.165, 1.54) is 16.9 Å². The summed E-state index contributed by atoms with van der Waals surface area (Å²) in [7, 11) is 12.9. The number of quaternary nitrogens is 2. The van der Waals surface area contributed by atoms with Gasteiger partial charge in [0.1, 0.15) is 17.2 Å². The molecule has 0 heterocycles. The molecule has 0 unspecified atom stereocenters. The van der Waals surface area contributed by atoms with Crippen LogP contribution in [0.2, 0.25) is 0 Å². The van der Waals surface area contributed by atoms with Crippen molar-refractivity contribution in [1.82, 2.24) is 8.97 Å². The van der Waals surface area contributed by atoms with E-state index in [9.17, 15) is 4.79 Å². The van der Waals surface area contributed by atoms with Crippen LogP contribution in [0.1, 0.15) is 17.5 Å². The largest absolute Gasteiger partial charge is 0.299 e. The zero-order valence-electron chi connectivity index (χ0n) is 16.5. The van der Waals surface area contributed by atoms with Crippen LogP contribution in [0, 0.1) is 0 Å². The number of rotatable bonds is 7. The Morgan fingerprint density at radius 1 is 0.680 bits per heavy atom. The first-order chi connectivity index (χ1) is 11.6. The Morgan fingerprint density at radius 2 is 1.08 bits per heavy atom. The number of hydrogen-bond acceptors (Lipinski definition) is 1. The molecule has 2 aromatic rings. The van der Waals surface area contributed by atoms with Crippen molar-refractivity contribution in [3.8, 4) is 0 Å². The fourth-order valence-corrected chi connectivity index (χ4v) is 2.77. The second-order valence-electron chi connectivity index (χ2n) is 8.57. The number of carbonyl (C=O) groups excluding carboxylic acids is 1. The number of Topliss-reactive ketones (excluding diaryl/α,β-unsaturated/α-hetero) is 1. The fraction of sp³-hybridized carbons (Fsp3) is 0.409. The number of carbonyl (C=O) groups is 1. The minimum Gasteiger partial charge on any atom is -0.299 e. The Hall–Kier alpha value is -1.97. The lowest BCUT2D eigenvalue weighted by atomic mass is 10.0. The lowest BCUT2D eigenvalue weighted by Gasteiger charge is -2.23. The molecule has 0 N–H and O–H groups in total. The molecule has 0 spiro atoms. The van der Waals surface area contributed by atoms with E-state index in [4.69, 9.17) is 0 Å². The molecule has 0 aliphatic heterocycles. The maximum Gasteiger partial charge on any atom is 0.137 e. The van der Waals surface area contributed by atoms with E-state index in [1.807, 2.05) is 0 Å². The first-order valence-corrected chi connectivity index (χ1v) is 8.89. The van der Waals surface area contributed by atoms with Gasteiger partial charge in [0.05, 0.1) is 42.3 Å². The zero-order valence-corrected chi connectivity index (χ0v) is 16.5. The topological polar surface area (TPSA) is 17.1 Å². The highest BCUT2D eigenvalue weighted by Crippen LogP contribution is 2.19. The molecule has 0 amide bonds. The molecular weight excluding hydrogens is 308 g/mol. The van der Waals surface area contributed by atoms with E-state index < -0.39 is 0 Å². The van der Waals surface area contributed by atoms with E-state index in [2.05, 4.69) is 90.8 Å². The van der Waals surface area contributed by atoms with Crippen molar-refractivity contribution in [2.75, 3.05) is 42.3 Å². The molecule has 134 valence electrons. The van der Waals surface area contributed by atoms with E-state index in [0.717, 1.165) is 21.0 Å². The molecule has 0 atom stereocenters. The summed E-state index contributed by atoms with van der Waals surface area (Å²) in [6.45, 7) is 0. The second-order valence-corrected chi connectivity index (χ2v) is 8.57. The second kappa shape index (κ2) is 7.51.